The molecule has 0 fully saturated rings. The zero-order chi connectivity index (χ0) is 21.6. The monoisotopic (exact) mass is 398 g/mol. The van der Waals surface area contributed by atoms with Gasteiger partial charge >= 0.3 is 5.97 Å². The molecule has 3 N–H and O–H groups in total. The number of carboxylic acids is 1. The third-order valence-corrected chi connectivity index (χ3v) is 4.34. The van der Waals surface area contributed by atoms with Crippen molar-refractivity contribution < 1.29 is 24.2 Å². The first kappa shape index (κ1) is 21.9. The molecule has 0 aromatic heterocycles. The Bertz CT molecular complexity index is 877. The van der Waals surface area contributed by atoms with Crippen molar-refractivity contribution in [3.63, 3.8) is 0 Å². The molecule has 0 aliphatic rings. The van der Waals surface area contributed by atoms with E-state index in [2.05, 4.69) is 24.5 Å². The second kappa shape index (κ2) is 9.73. The van der Waals surface area contributed by atoms with Gasteiger partial charge in [-0.05, 0) is 61.7 Å². The number of carboxylic acid groups (broad SMARTS) is 1. The Balaban J connectivity index is 1.95. The molecule has 154 valence electrons. The molecule has 2 atom stereocenters. The van der Waals surface area contributed by atoms with E-state index in [9.17, 15) is 14.4 Å². The van der Waals surface area contributed by atoms with Crippen LogP contribution < -0.4 is 15.4 Å². The highest BCUT2D eigenvalue weighted by molar-refractivity contribution is 5.98. The van der Waals surface area contributed by atoms with E-state index in [1.165, 1.54) is 19.1 Å². The maximum atomic E-state index is 12.4. The van der Waals surface area contributed by atoms with Crippen molar-refractivity contribution in [2.24, 2.45) is 0 Å². The minimum absolute atomic E-state index is 0.297. The fourth-order valence-corrected chi connectivity index (χ4v) is 2.50. The average Bonchev–Trinajstić information content (AvgIpc) is 2.68. The molecule has 0 radical (unpaired) electrons. The van der Waals surface area contributed by atoms with E-state index in [1.807, 2.05) is 18.2 Å². The molecule has 2 aromatic rings. The lowest BCUT2D eigenvalue weighted by Crippen LogP contribution is -2.38. The lowest BCUT2D eigenvalue weighted by molar-refractivity contribution is -0.138. The molecule has 2 amide bonds. The van der Waals surface area contributed by atoms with Gasteiger partial charge in [0.25, 0.3) is 11.8 Å². The molecule has 0 saturated heterocycles. The van der Waals surface area contributed by atoms with Gasteiger partial charge in [-0.25, -0.2) is 0 Å². The second-order valence-electron chi connectivity index (χ2n) is 7.09. The van der Waals surface area contributed by atoms with Gasteiger partial charge in [-0.15, -0.1) is 0 Å². The summed E-state index contributed by atoms with van der Waals surface area (Å²) < 4.78 is 5.74. The van der Waals surface area contributed by atoms with Crippen LogP contribution in [0.2, 0.25) is 0 Å². The quantitative estimate of drug-likeness (QED) is 0.632. The van der Waals surface area contributed by atoms with Crippen molar-refractivity contribution in [2.45, 2.75) is 45.8 Å². The molecular weight excluding hydrogens is 372 g/mol. The maximum absolute atomic E-state index is 12.4. The number of benzene rings is 2. The Morgan fingerprint density at radius 2 is 1.62 bits per heavy atom. The fourth-order valence-electron chi connectivity index (χ4n) is 2.50. The van der Waals surface area contributed by atoms with Crippen LogP contribution >= 0.6 is 0 Å². The van der Waals surface area contributed by atoms with Gasteiger partial charge in [0.05, 0.1) is 0 Å². The topological polar surface area (TPSA) is 105 Å². The molecule has 0 bridgehead atoms. The van der Waals surface area contributed by atoms with Crippen LogP contribution in [0, 0.1) is 0 Å². The number of ether oxygens (including phenoxy) is 1. The predicted molar refractivity (Wildman–Crippen MR) is 110 cm³/mol. The van der Waals surface area contributed by atoms with Crippen LogP contribution in [0.4, 0.5) is 5.69 Å². The number of anilines is 1. The highest BCUT2D eigenvalue weighted by Crippen LogP contribution is 2.21. The van der Waals surface area contributed by atoms with E-state index in [0.29, 0.717) is 22.9 Å². The first-order valence-electron chi connectivity index (χ1n) is 9.38. The van der Waals surface area contributed by atoms with Gasteiger partial charge in [0.1, 0.15) is 11.8 Å². The van der Waals surface area contributed by atoms with Crippen molar-refractivity contribution in [3.05, 3.63) is 59.7 Å². The van der Waals surface area contributed by atoms with Gasteiger partial charge in [-0.1, -0.05) is 26.0 Å². The van der Waals surface area contributed by atoms with Crippen molar-refractivity contribution in [1.82, 2.24) is 5.32 Å². The average molecular weight is 398 g/mol. The van der Waals surface area contributed by atoms with E-state index in [-0.39, 0.29) is 5.91 Å². The summed E-state index contributed by atoms with van der Waals surface area (Å²) in [5.41, 5.74) is 1.93. The molecule has 7 nitrogen and oxygen atoms in total. The molecule has 0 heterocycles. The van der Waals surface area contributed by atoms with Crippen molar-refractivity contribution in [3.8, 4) is 5.75 Å². The molecule has 2 unspecified atom stereocenters. The molecule has 0 saturated carbocycles. The van der Waals surface area contributed by atoms with Crippen LogP contribution in [0.1, 0.15) is 49.5 Å². The Morgan fingerprint density at radius 3 is 2.21 bits per heavy atom. The number of carbonyl (C=O) groups excluding carboxylic acids is 2. The molecule has 7 heteroatoms. The van der Waals surface area contributed by atoms with Crippen LogP contribution in [0.25, 0.3) is 0 Å². The zero-order valence-electron chi connectivity index (χ0n) is 16.9. The summed E-state index contributed by atoms with van der Waals surface area (Å²) in [4.78, 5) is 35.2. The first-order chi connectivity index (χ1) is 13.7. The number of carbonyl (C=O) groups is 3. The molecule has 29 heavy (non-hydrogen) atoms. The van der Waals surface area contributed by atoms with Crippen molar-refractivity contribution in [2.75, 3.05) is 5.32 Å². The van der Waals surface area contributed by atoms with Crippen molar-refractivity contribution in [1.29, 1.82) is 0 Å². The number of amides is 2. The summed E-state index contributed by atoms with van der Waals surface area (Å²) in [5, 5.41) is 13.9. The summed E-state index contributed by atoms with van der Waals surface area (Å²) in [6.07, 6.45) is -0.711. The molecule has 0 aliphatic heterocycles. The summed E-state index contributed by atoms with van der Waals surface area (Å²) in [6, 6.07) is 12.8. The summed E-state index contributed by atoms with van der Waals surface area (Å²) in [7, 11) is 0. The molecular formula is C22H26N2O5. The SMILES string of the molecule is CC(NC(=O)c1ccc(NC(=O)C(C)Oc2cccc(C(C)C)c2)cc1)C(=O)O. The predicted octanol–water partition coefficient (Wildman–Crippen LogP) is 3.42. The van der Waals surface area contributed by atoms with Crippen LogP contribution in [-0.4, -0.2) is 35.0 Å². The highest BCUT2D eigenvalue weighted by Gasteiger charge is 2.17. The minimum Gasteiger partial charge on any atom is -0.481 e. The Morgan fingerprint density at radius 1 is 0.966 bits per heavy atom. The van der Waals surface area contributed by atoms with Crippen LogP contribution in [-0.2, 0) is 9.59 Å². The molecule has 2 aromatic carbocycles. The van der Waals surface area contributed by atoms with E-state index in [4.69, 9.17) is 9.84 Å². The lowest BCUT2D eigenvalue weighted by Gasteiger charge is -2.16. The Kier molecular flexibility index (Phi) is 7.36. The van der Waals surface area contributed by atoms with Gasteiger partial charge < -0.3 is 20.5 Å². The lowest BCUT2D eigenvalue weighted by atomic mass is 10.0. The van der Waals surface area contributed by atoms with Gasteiger partial charge in [0, 0.05) is 11.3 Å². The van der Waals surface area contributed by atoms with Gasteiger partial charge in [-0.2, -0.15) is 0 Å². The third-order valence-electron chi connectivity index (χ3n) is 4.34. The molecule has 0 spiro atoms. The van der Waals surface area contributed by atoms with E-state index < -0.39 is 24.0 Å². The zero-order valence-corrected chi connectivity index (χ0v) is 16.9. The fraction of sp³-hybridized carbons (Fsp3) is 0.318. The number of aliphatic carboxylic acids is 1. The van der Waals surface area contributed by atoms with Crippen LogP contribution in [0.5, 0.6) is 5.75 Å². The van der Waals surface area contributed by atoms with E-state index in [1.54, 1.807) is 25.1 Å². The van der Waals surface area contributed by atoms with Gasteiger partial charge in [-0.3, -0.25) is 14.4 Å². The number of nitrogens with one attached hydrogen (secondary N) is 2. The van der Waals surface area contributed by atoms with Gasteiger partial charge in [0.15, 0.2) is 6.10 Å². The number of hydrogen-bond acceptors (Lipinski definition) is 4. The Labute approximate surface area is 170 Å². The summed E-state index contributed by atoms with van der Waals surface area (Å²) >= 11 is 0. The van der Waals surface area contributed by atoms with Crippen molar-refractivity contribution >= 4 is 23.5 Å². The van der Waals surface area contributed by atoms with Crippen LogP contribution in [0.15, 0.2) is 48.5 Å². The van der Waals surface area contributed by atoms with E-state index in [0.717, 1.165) is 5.56 Å². The third kappa shape index (κ3) is 6.34. The number of rotatable bonds is 8. The highest BCUT2D eigenvalue weighted by atomic mass is 16.5. The normalized spacial score (nSPS) is 12.7. The van der Waals surface area contributed by atoms with Gasteiger partial charge in [0.2, 0.25) is 0 Å². The van der Waals surface area contributed by atoms with E-state index >= 15 is 0 Å². The largest absolute Gasteiger partial charge is 0.481 e. The minimum atomic E-state index is -1.12. The second-order valence-corrected chi connectivity index (χ2v) is 7.09. The smallest absolute Gasteiger partial charge is 0.325 e. The number of hydrogen-bond donors (Lipinski definition) is 3. The summed E-state index contributed by atoms with van der Waals surface area (Å²) in [6.45, 7) is 7.21. The maximum Gasteiger partial charge on any atom is 0.325 e. The first-order valence-corrected chi connectivity index (χ1v) is 9.38. The molecule has 0 aliphatic carbocycles. The molecule has 2 rings (SSSR count). The Hall–Kier alpha value is -3.35. The summed E-state index contributed by atoms with van der Waals surface area (Å²) in [5.74, 6) is -0.957. The standard InChI is InChI=1S/C22H26N2O5/c1-13(2)17-6-5-7-19(12-17)29-15(4)20(25)24-18-10-8-16(9-11-18)21(26)23-14(3)22(27)28/h5-15H,1-4H3,(H,23,26)(H,24,25)(H,27,28). The van der Waals surface area contributed by atoms with Crippen LogP contribution in [0.3, 0.4) is 0 Å².